The van der Waals surface area contributed by atoms with Gasteiger partial charge in [0.2, 0.25) is 0 Å². The normalized spacial score (nSPS) is 11.7. The first-order chi connectivity index (χ1) is 23.9. The van der Waals surface area contributed by atoms with Gasteiger partial charge >= 0.3 is 0 Å². The Bertz CT molecular complexity index is 2040. The first kappa shape index (κ1) is 34.3. The standard InChI is InChI=1S/C43H41O4PS/c1-34-27-30-42(43(32-34)49(44,45)46)48(38-21-7-3-8-22-38,39-23-9-4-10-24-39)40-25-15-19-36(33-40)28-29-37-20-11-12-26-41(37)47-31-14-13-18-35-16-5-2-6-17-35/h2-12,15-17,19-27,30,32-33H,13-14,18,28-29,31H2,1H3/p+1. The van der Waals surface area contributed by atoms with Crippen molar-refractivity contribution in [1.82, 2.24) is 0 Å². The molecule has 0 aliphatic heterocycles. The molecule has 0 radical (unpaired) electrons. The van der Waals surface area contributed by atoms with Gasteiger partial charge in [-0.3, -0.25) is 4.55 Å². The maximum atomic E-state index is 13.0. The topological polar surface area (TPSA) is 63.6 Å². The third-order valence-electron chi connectivity index (χ3n) is 8.96. The third kappa shape index (κ3) is 8.03. The Hall–Kier alpha value is -4.54. The number of rotatable bonds is 14. The molecule has 1 N–H and O–H groups in total. The molecule has 0 aromatic heterocycles. The zero-order valence-corrected chi connectivity index (χ0v) is 29.5. The summed E-state index contributed by atoms with van der Waals surface area (Å²) >= 11 is 0. The molecule has 6 rings (SSSR count). The molecule has 0 saturated heterocycles. The summed E-state index contributed by atoms with van der Waals surface area (Å²) in [4.78, 5) is -0.0474. The van der Waals surface area contributed by atoms with Gasteiger partial charge in [0.25, 0.3) is 10.1 Å². The zero-order chi connectivity index (χ0) is 34.1. The average molecular weight is 686 g/mol. The van der Waals surface area contributed by atoms with E-state index in [2.05, 4.69) is 91.0 Å². The van der Waals surface area contributed by atoms with Crippen molar-refractivity contribution in [3.05, 3.63) is 180 Å². The lowest BCUT2D eigenvalue weighted by atomic mass is 10.0. The largest absolute Gasteiger partial charge is 0.493 e. The Kier molecular flexibility index (Phi) is 11.1. The van der Waals surface area contributed by atoms with Crippen LogP contribution in [0.1, 0.15) is 35.1 Å². The van der Waals surface area contributed by atoms with E-state index in [1.54, 1.807) is 6.07 Å². The number of aryl methyl sites for hydroxylation is 4. The van der Waals surface area contributed by atoms with Gasteiger partial charge < -0.3 is 4.74 Å². The molecule has 0 amide bonds. The van der Waals surface area contributed by atoms with E-state index in [1.165, 1.54) is 5.56 Å². The predicted molar refractivity (Wildman–Crippen MR) is 205 cm³/mol. The highest BCUT2D eigenvalue weighted by molar-refractivity contribution is 8.02. The van der Waals surface area contributed by atoms with Crippen LogP contribution < -0.4 is 26.0 Å². The second kappa shape index (κ2) is 15.8. The highest BCUT2D eigenvalue weighted by Crippen LogP contribution is 2.55. The van der Waals surface area contributed by atoms with E-state index < -0.39 is 17.4 Å². The molecule has 0 heterocycles. The van der Waals surface area contributed by atoms with E-state index in [0.29, 0.717) is 11.9 Å². The van der Waals surface area contributed by atoms with Crippen LogP contribution in [0.4, 0.5) is 0 Å². The summed E-state index contributed by atoms with van der Waals surface area (Å²) < 4.78 is 43.0. The molecule has 6 heteroatoms. The molecule has 0 bridgehead atoms. The van der Waals surface area contributed by atoms with Crippen molar-refractivity contribution in [1.29, 1.82) is 0 Å². The van der Waals surface area contributed by atoms with E-state index in [1.807, 2.05) is 67.6 Å². The Labute approximate surface area is 291 Å². The molecule has 6 aromatic carbocycles. The summed E-state index contributed by atoms with van der Waals surface area (Å²) in [5.41, 5.74) is 4.43. The summed E-state index contributed by atoms with van der Waals surface area (Å²) in [6, 6.07) is 53.1. The van der Waals surface area contributed by atoms with E-state index in [4.69, 9.17) is 4.74 Å². The molecule has 0 spiro atoms. The van der Waals surface area contributed by atoms with Gasteiger partial charge in [-0.2, -0.15) is 8.42 Å². The smallest absolute Gasteiger partial charge is 0.298 e. The number of unbranched alkanes of at least 4 members (excludes halogenated alkanes) is 1. The Morgan fingerprint density at radius 2 is 1.16 bits per heavy atom. The van der Waals surface area contributed by atoms with Gasteiger partial charge in [-0.25, -0.2) is 0 Å². The maximum absolute atomic E-state index is 13.0. The predicted octanol–water partition coefficient (Wildman–Crippen LogP) is 8.05. The van der Waals surface area contributed by atoms with Gasteiger partial charge in [0.05, 0.1) is 6.61 Å². The summed E-state index contributed by atoms with van der Waals surface area (Å²) in [7, 11) is -7.34. The molecule has 49 heavy (non-hydrogen) atoms. The van der Waals surface area contributed by atoms with Crippen LogP contribution in [-0.4, -0.2) is 19.6 Å². The Morgan fingerprint density at radius 3 is 1.84 bits per heavy atom. The number of hydrogen-bond acceptors (Lipinski definition) is 3. The number of ether oxygens (including phenoxy) is 1. The van der Waals surface area contributed by atoms with E-state index in [0.717, 1.165) is 70.5 Å². The van der Waals surface area contributed by atoms with Crippen LogP contribution in [0, 0.1) is 6.92 Å². The first-order valence-electron chi connectivity index (χ1n) is 16.8. The minimum atomic E-state index is -4.54. The first-order valence-corrected chi connectivity index (χ1v) is 20.0. The van der Waals surface area contributed by atoms with Crippen LogP contribution in [0.25, 0.3) is 0 Å². The summed E-state index contributed by atoms with van der Waals surface area (Å²) in [5, 5.41) is 3.66. The van der Waals surface area contributed by atoms with Crippen molar-refractivity contribution in [3.8, 4) is 5.75 Å². The van der Waals surface area contributed by atoms with E-state index in [9.17, 15) is 13.0 Å². The fraction of sp³-hybridized carbons (Fsp3) is 0.163. The second-order valence-electron chi connectivity index (χ2n) is 12.4. The van der Waals surface area contributed by atoms with Crippen LogP contribution in [0.3, 0.4) is 0 Å². The molecule has 0 aliphatic carbocycles. The fourth-order valence-electron chi connectivity index (χ4n) is 6.58. The van der Waals surface area contributed by atoms with Gasteiger partial charge in [-0.15, -0.1) is 0 Å². The lowest BCUT2D eigenvalue weighted by molar-refractivity contribution is 0.304. The lowest BCUT2D eigenvalue weighted by Gasteiger charge is -2.29. The number of para-hydroxylation sites is 1. The third-order valence-corrected chi connectivity index (χ3v) is 14.3. The molecule has 248 valence electrons. The van der Waals surface area contributed by atoms with Gasteiger partial charge in [0.15, 0.2) is 0 Å². The fourth-order valence-corrected chi connectivity index (χ4v) is 12.3. The van der Waals surface area contributed by atoms with Crippen molar-refractivity contribution < 1.29 is 17.7 Å². The van der Waals surface area contributed by atoms with Crippen molar-refractivity contribution in [3.63, 3.8) is 0 Å². The highest BCUT2D eigenvalue weighted by atomic mass is 32.2. The molecule has 0 atom stereocenters. The summed E-state index contributed by atoms with van der Waals surface area (Å²) in [5.74, 6) is 0.922. The van der Waals surface area contributed by atoms with Crippen molar-refractivity contribution >= 4 is 38.6 Å². The zero-order valence-electron chi connectivity index (χ0n) is 27.8. The monoisotopic (exact) mass is 685 g/mol. The lowest BCUT2D eigenvalue weighted by Crippen LogP contribution is -2.40. The van der Waals surface area contributed by atoms with Gasteiger partial charge in [-0.05, 0) is 116 Å². The molecule has 0 aliphatic rings. The van der Waals surface area contributed by atoms with Crippen LogP contribution >= 0.6 is 7.26 Å². The summed E-state index contributed by atoms with van der Waals surface area (Å²) in [6.07, 6.45) is 4.69. The quantitative estimate of drug-likeness (QED) is 0.0717. The van der Waals surface area contributed by atoms with Gasteiger partial charge in [-0.1, -0.05) is 103 Å². The average Bonchev–Trinajstić information content (AvgIpc) is 3.13. The Morgan fingerprint density at radius 1 is 0.571 bits per heavy atom. The van der Waals surface area contributed by atoms with Crippen molar-refractivity contribution in [2.24, 2.45) is 0 Å². The molecule has 6 aromatic rings. The number of hydrogen-bond donors (Lipinski definition) is 1. The molecule has 0 fully saturated rings. The SMILES string of the molecule is Cc1ccc([P+](c2ccccc2)(c2ccccc2)c2cccc(CCc3ccccc3OCCCCc3ccccc3)c2)c(S(=O)(=O)O)c1. The van der Waals surface area contributed by atoms with E-state index >= 15 is 0 Å². The molecule has 4 nitrogen and oxygen atoms in total. The van der Waals surface area contributed by atoms with Crippen LogP contribution in [-0.2, 0) is 29.4 Å². The molecular formula is C43H42O4PS+. The maximum Gasteiger partial charge on any atom is 0.298 e. The minimum absolute atomic E-state index is 0.0474. The van der Waals surface area contributed by atoms with E-state index in [-0.39, 0.29) is 4.90 Å². The molecule has 0 saturated carbocycles. The van der Waals surface area contributed by atoms with Crippen molar-refractivity contribution in [2.45, 2.75) is 43.9 Å². The minimum Gasteiger partial charge on any atom is -0.493 e. The van der Waals surface area contributed by atoms with Gasteiger partial charge in [0, 0.05) is 0 Å². The Balaban J connectivity index is 1.33. The van der Waals surface area contributed by atoms with Crippen LogP contribution in [0.15, 0.2) is 163 Å². The number of benzene rings is 6. The van der Waals surface area contributed by atoms with Crippen LogP contribution in [0.5, 0.6) is 5.75 Å². The highest BCUT2D eigenvalue weighted by Gasteiger charge is 2.50. The molecule has 0 unspecified atom stereocenters. The van der Waals surface area contributed by atoms with Crippen molar-refractivity contribution in [2.75, 3.05) is 6.61 Å². The molecular weight excluding hydrogens is 644 g/mol. The van der Waals surface area contributed by atoms with Crippen LogP contribution in [0.2, 0.25) is 0 Å². The second-order valence-corrected chi connectivity index (χ2v) is 17.1. The van der Waals surface area contributed by atoms with Gasteiger partial charge in [0.1, 0.15) is 39.1 Å². The summed E-state index contributed by atoms with van der Waals surface area (Å²) in [6.45, 7) is 2.52.